The van der Waals surface area contributed by atoms with Crippen LogP contribution < -0.4 is 0 Å². The Labute approximate surface area is 348 Å². The molecule has 0 amide bonds. The predicted molar refractivity (Wildman–Crippen MR) is 246 cm³/mol. The maximum atomic E-state index is 13.8. The van der Waals surface area contributed by atoms with Crippen LogP contribution in [0.4, 0.5) is 0 Å². The number of aromatic nitrogens is 3. The van der Waals surface area contributed by atoms with E-state index in [4.69, 9.17) is 4.98 Å². The Morgan fingerprint density at radius 2 is 1.07 bits per heavy atom. The standard InChI is InChI=1S/C55H41N3O2/c1-35-31-44(54(59)51(33-35)57-47-26-12-8-21-40(47)41-22-9-13-27-48(41)57)38-19-6-7-20-39(38)46-25-16-30-52(56-46)55(60)45(37-17-4-3-5-18-37)32-36(2)34-53(55)58-49-28-14-10-23-42(49)43-24-11-15-29-50(43)58/h3-34,53,59-60H,1-2H3. The van der Waals surface area contributed by atoms with Gasteiger partial charge in [-0.1, -0.05) is 151 Å². The molecule has 2 unspecified atom stereocenters. The third-order valence-corrected chi connectivity index (χ3v) is 12.3. The molecule has 2 N–H and O–H groups in total. The van der Waals surface area contributed by atoms with Crippen LogP contribution in [-0.4, -0.2) is 24.3 Å². The average Bonchev–Trinajstić information content (AvgIpc) is 3.81. The summed E-state index contributed by atoms with van der Waals surface area (Å²) in [4.78, 5) is 5.43. The first-order valence-electron chi connectivity index (χ1n) is 20.5. The Morgan fingerprint density at radius 1 is 0.533 bits per heavy atom. The van der Waals surface area contributed by atoms with Gasteiger partial charge in [-0.3, -0.25) is 0 Å². The summed E-state index contributed by atoms with van der Waals surface area (Å²) in [7, 11) is 0. The van der Waals surface area contributed by atoms with E-state index in [0.717, 1.165) is 77.0 Å². The van der Waals surface area contributed by atoms with E-state index in [1.165, 1.54) is 0 Å². The molecule has 288 valence electrons. The number of hydrogen-bond donors (Lipinski definition) is 2. The van der Waals surface area contributed by atoms with E-state index in [-0.39, 0.29) is 5.75 Å². The van der Waals surface area contributed by atoms with Gasteiger partial charge in [0, 0.05) is 43.7 Å². The van der Waals surface area contributed by atoms with E-state index >= 15 is 0 Å². The van der Waals surface area contributed by atoms with Gasteiger partial charge in [0.25, 0.3) is 0 Å². The van der Waals surface area contributed by atoms with Gasteiger partial charge in [0.1, 0.15) is 5.75 Å². The number of hydrogen-bond acceptors (Lipinski definition) is 3. The normalized spacial score (nSPS) is 16.8. The summed E-state index contributed by atoms with van der Waals surface area (Å²) < 4.78 is 4.45. The van der Waals surface area contributed by atoms with Gasteiger partial charge in [-0.2, -0.15) is 0 Å². The summed E-state index contributed by atoms with van der Waals surface area (Å²) in [5.74, 6) is 0.183. The van der Waals surface area contributed by atoms with Crippen molar-refractivity contribution < 1.29 is 10.2 Å². The molecule has 5 heteroatoms. The van der Waals surface area contributed by atoms with Crippen molar-refractivity contribution >= 4 is 49.2 Å². The first-order valence-corrected chi connectivity index (χ1v) is 20.5. The molecule has 1 aliphatic carbocycles. The van der Waals surface area contributed by atoms with Crippen molar-refractivity contribution in [1.82, 2.24) is 14.1 Å². The zero-order valence-corrected chi connectivity index (χ0v) is 33.3. The first-order chi connectivity index (χ1) is 29.4. The highest BCUT2D eigenvalue weighted by Gasteiger charge is 2.47. The summed E-state index contributed by atoms with van der Waals surface area (Å²) in [6.07, 6.45) is 4.28. The molecule has 0 bridgehead atoms. The van der Waals surface area contributed by atoms with Crippen molar-refractivity contribution in [2.45, 2.75) is 25.5 Å². The third kappa shape index (κ3) is 5.40. The molecule has 11 rings (SSSR count). The van der Waals surface area contributed by atoms with Crippen LogP contribution in [0.2, 0.25) is 0 Å². The largest absolute Gasteiger partial charge is 0.505 e. The molecule has 0 fully saturated rings. The fourth-order valence-electron chi connectivity index (χ4n) is 9.69. The molecule has 0 spiro atoms. The summed E-state index contributed by atoms with van der Waals surface area (Å²) in [5, 5.41) is 30.8. The molecule has 3 heterocycles. The predicted octanol–water partition coefficient (Wildman–Crippen LogP) is 13.1. The first kappa shape index (κ1) is 35.7. The van der Waals surface area contributed by atoms with Gasteiger partial charge in [0.05, 0.1) is 34.2 Å². The van der Waals surface area contributed by atoms with Crippen molar-refractivity contribution in [2.24, 2.45) is 0 Å². The minimum absolute atomic E-state index is 0.183. The summed E-state index contributed by atoms with van der Waals surface area (Å²) in [5.41, 5.74) is 10.6. The van der Waals surface area contributed by atoms with E-state index in [1.54, 1.807) is 0 Å². The van der Waals surface area contributed by atoms with Gasteiger partial charge in [-0.15, -0.1) is 0 Å². The monoisotopic (exact) mass is 775 g/mol. The van der Waals surface area contributed by atoms with Crippen molar-refractivity contribution in [3.8, 4) is 33.8 Å². The highest BCUT2D eigenvalue weighted by atomic mass is 16.3. The number of aromatic hydroxyl groups is 1. The number of phenolic OH excluding ortho intramolecular Hbond substituents is 1. The topological polar surface area (TPSA) is 63.2 Å². The SMILES string of the molecule is CC1=CC(n2c3ccccc3c3ccccc32)C(O)(c2cccc(-c3ccccc3-c3cc(C)cc(-n4c5ccccc5c5ccccc54)c3O)n2)C(c2ccccc2)=C1. The molecule has 7 aromatic carbocycles. The van der Waals surface area contributed by atoms with Crippen LogP contribution in [0.5, 0.6) is 5.75 Å². The van der Waals surface area contributed by atoms with Gasteiger partial charge >= 0.3 is 0 Å². The Morgan fingerprint density at radius 3 is 1.70 bits per heavy atom. The molecular formula is C55H41N3O2. The number of fused-ring (bicyclic) bond motifs is 6. The molecule has 60 heavy (non-hydrogen) atoms. The zero-order chi connectivity index (χ0) is 40.5. The molecule has 10 aromatic rings. The van der Waals surface area contributed by atoms with Gasteiger partial charge in [0.2, 0.25) is 0 Å². The minimum atomic E-state index is -1.59. The number of pyridine rings is 1. The lowest BCUT2D eigenvalue weighted by atomic mass is 9.74. The molecule has 0 aliphatic heterocycles. The maximum absolute atomic E-state index is 13.8. The Balaban J connectivity index is 1.12. The van der Waals surface area contributed by atoms with Crippen molar-refractivity contribution in [3.05, 3.63) is 217 Å². The quantitative estimate of drug-likeness (QED) is 0.177. The zero-order valence-electron chi connectivity index (χ0n) is 33.3. The summed E-state index contributed by atoms with van der Waals surface area (Å²) in [6.45, 7) is 4.17. The van der Waals surface area contributed by atoms with Crippen LogP contribution in [0.15, 0.2) is 200 Å². The minimum Gasteiger partial charge on any atom is -0.505 e. The highest BCUT2D eigenvalue weighted by Crippen LogP contribution is 2.51. The van der Waals surface area contributed by atoms with E-state index in [9.17, 15) is 10.2 Å². The van der Waals surface area contributed by atoms with Gasteiger partial charge < -0.3 is 19.3 Å². The van der Waals surface area contributed by atoms with Gasteiger partial charge in [0.15, 0.2) is 5.60 Å². The smallest absolute Gasteiger partial charge is 0.156 e. The van der Waals surface area contributed by atoms with Crippen LogP contribution in [0.25, 0.3) is 77.3 Å². The molecule has 0 saturated carbocycles. The van der Waals surface area contributed by atoms with Crippen molar-refractivity contribution in [1.29, 1.82) is 0 Å². The Bertz CT molecular complexity index is 3280. The van der Waals surface area contributed by atoms with E-state index in [1.807, 2.05) is 72.8 Å². The number of nitrogens with zero attached hydrogens (tertiary/aromatic N) is 3. The fourth-order valence-corrected chi connectivity index (χ4v) is 9.69. The molecule has 5 nitrogen and oxygen atoms in total. The molecule has 2 atom stereocenters. The number of benzene rings is 7. The lowest BCUT2D eigenvalue weighted by molar-refractivity contribution is 0.0571. The second kappa shape index (κ2) is 13.8. The van der Waals surface area contributed by atoms with E-state index in [2.05, 4.69) is 144 Å². The highest BCUT2D eigenvalue weighted by molar-refractivity contribution is 6.10. The molecular weight excluding hydrogens is 735 g/mol. The molecule has 1 aliphatic rings. The summed E-state index contributed by atoms with van der Waals surface area (Å²) in [6, 6.07) is 61.3. The second-order valence-corrected chi connectivity index (χ2v) is 16.0. The Kier molecular flexibility index (Phi) is 8.22. The second-order valence-electron chi connectivity index (χ2n) is 16.0. The number of phenols is 1. The number of para-hydroxylation sites is 4. The van der Waals surface area contributed by atoms with Crippen LogP contribution in [0.3, 0.4) is 0 Å². The molecule has 0 radical (unpaired) electrons. The van der Waals surface area contributed by atoms with Gasteiger partial charge in [-0.25, -0.2) is 4.98 Å². The van der Waals surface area contributed by atoms with Crippen molar-refractivity contribution in [3.63, 3.8) is 0 Å². The lowest BCUT2D eigenvalue weighted by Crippen LogP contribution is -2.40. The number of aryl methyl sites for hydroxylation is 1. The third-order valence-electron chi connectivity index (χ3n) is 12.3. The number of allylic oxidation sites excluding steroid dienone is 2. The van der Waals surface area contributed by atoms with Crippen LogP contribution in [-0.2, 0) is 5.60 Å². The number of rotatable bonds is 6. The fraction of sp³-hybridized carbons (Fsp3) is 0.0727. The Hall–Kier alpha value is -7.47. The van der Waals surface area contributed by atoms with E-state index < -0.39 is 11.6 Å². The van der Waals surface area contributed by atoms with Gasteiger partial charge in [-0.05, 0) is 84.6 Å². The summed E-state index contributed by atoms with van der Waals surface area (Å²) >= 11 is 0. The molecule has 3 aromatic heterocycles. The van der Waals surface area contributed by atoms with Crippen LogP contribution >= 0.6 is 0 Å². The van der Waals surface area contributed by atoms with Crippen LogP contribution in [0.1, 0.15) is 29.8 Å². The average molecular weight is 776 g/mol. The maximum Gasteiger partial charge on any atom is 0.156 e. The molecule has 0 saturated heterocycles. The van der Waals surface area contributed by atoms with E-state index in [0.29, 0.717) is 22.6 Å². The van der Waals surface area contributed by atoms with Crippen molar-refractivity contribution in [2.75, 3.05) is 0 Å². The number of aliphatic hydroxyl groups is 1. The lowest BCUT2D eigenvalue weighted by Gasteiger charge is -2.41. The van der Waals surface area contributed by atoms with Crippen LogP contribution in [0, 0.1) is 6.92 Å².